The summed E-state index contributed by atoms with van der Waals surface area (Å²) in [7, 11) is 3.31. The smallest absolute Gasteiger partial charge is 0.290 e. The SMILES string of the molecule is COc1cccc(OC)c1-c1nccn1CCCc1ncc[nH]1.O=CO. The van der Waals surface area contributed by atoms with Crippen molar-refractivity contribution in [3.63, 3.8) is 0 Å². The first-order chi connectivity index (χ1) is 12.7. The fraction of sp³-hybridized carbons (Fsp3) is 0.278. The van der Waals surface area contributed by atoms with E-state index >= 15 is 0 Å². The molecule has 8 heteroatoms. The number of hydrogen-bond acceptors (Lipinski definition) is 5. The summed E-state index contributed by atoms with van der Waals surface area (Å²) in [5, 5.41) is 6.89. The lowest BCUT2D eigenvalue weighted by Crippen LogP contribution is -2.04. The molecule has 0 atom stereocenters. The molecule has 0 saturated carbocycles. The van der Waals surface area contributed by atoms with Gasteiger partial charge >= 0.3 is 0 Å². The third-order valence-corrected chi connectivity index (χ3v) is 3.73. The van der Waals surface area contributed by atoms with Gasteiger partial charge < -0.3 is 24.1 Å². The molecule has 0 bridgehead atoms. The topological polar surface area (TPSA) is 102 Å². The molecule has 26 heavy (non-hydrogen) atoms. The molecular weight excluding hydrogens is 336 g/mol. The van der Waals surface area contributed by atoms with Gasteiger partial charge in [0.05, 0.1) is 14.2 Å². The molecule has 0 amide bonds. The van der Waals surface area contributed by atoms with Crippen molar-refractivity contribution in [3.05, 3.63) is 48.8 Å². The maximum Gasteiger partial charge on any atom is 0.290 e. The Hall–Kier alpha value is -3.29. The first-order valence-corrected chi connectivity index (χ1v) is 8.03. The molecule has 8 nitrogen and oxygen atoms in total. The van der Waals surface area contributed by atoms with Crippen LogP contribution in [0.4, 0.5) is 0 Å². The fourth-order valence-electron chi connectivity index (χ4n) is 2.64. The molecule has 0 fully saturated rings. The highest BCUT2D eigenvalue weighted by atomic mass is 16.5. The predicted octanol–water partition coefficient (Wildman–Crippen LogP) is 2.62. The van der Waals surface area contributed by atoms with E-state index in [0.717, 1.165) is 48.1 Å². The number of aromatic amines is 1. The zero-order chi connectivity index (χ0) is 18.8. The van der Waals surface area contributed by atoms with Gasteiger partial charge in [0.25, 0.3) is 6.47 Å². The number of H-pyrrole nitrogens is 1. The van der Waals surface area contributed by atoms with Gasteiger partial charge in [0.2, 0.25) is 0 Å². The number of methoxy groups -OCH3 is 2. The molecule has 2 N–H and O–H groups in total. The van der Waals surface area contributed by atoms with E-state index in [9.17, 15) is 0 Å². The number of aryl methyl sites for hydroxylation is 2. The molecule has 3 rings (SSSR count). The quantitative estimate of drug-likeness (QED) is 0.630. The van der Waals surface area contributed by atoms with E-state index in [2.05, 4.69) is 19.5 Å². The van der Waals surface area contributed by atoms with Crippen molar-refractivity contribution in [2.24, 2.45) is 0 Å². The molecule has 0 aliphatic carbocycles. The number of carboxylic acid groups (broad SMARTS) is 1. The largest absolute Gasteiger partial charge is 0.496 e. The van der Waals surface area contributed by atoms with Gasteiger partial charge in [0.15, 0.2) is 0 Å². The fourth-order valence-corrected chi connectivity index (χ4v) is 2.64. The Morgan fingerprint density at radius 3 is 2.46 bits per heavy atom. The van der Waals surface area contributed by atoms with Gasteiger partial charge in [0, 0.05) is 37.8 Å². The number of aromatic nitrogens is 4. The molecule has 1 aromatic carbocycles. The zero-order valence-corrected chi connectivity index (χ0v) is 14.8. The minimum Gasteiger partial charge on any atom is -0.496 e. The van der Waals surface area contributed by atoms with Crippen molar-refractivity contribution >= 4 is 6.47 Å². The van der Waals surface area contributed by atoms with Gasteiger partial charge in [-0.15, -0.1) is 0 Å². The van der Waals surface area contributed by atoms with Crippen LogP contribution in [0.1, 0.15) is 12.2 Å². The molecular formula is C18H22N4O4. The number of nitrogens with zero attached hydrogens (tertiary/aromatic N) is 3. The van der Waals surface area contributed by atoms with Crippen LogP contribution in [-0.2, 0) is 17.8 Å². The highest BCUT2D eigenvalue weighted by molar-refractivity contribution is 5.72. The molecule has 0 radical (unpaired) electrons. The van der Waals surface area contributed by atoms with Crippen LogP contribution in [0, 0.1) is 0 Å². The minimum atomic E-state index is -0.250. The van der Waals surface area contributed by atoms with E-state index in [1.54, 1.807) is 26.6 Å². The zero-order valence-electron chi connectivity index (χ0n) is 14.8. The van der Waals surface area contributed by atoms with Crippen molar-refractivity contribution in [2.75, 3.05) is 14.2 Å². The second kappa shape index (κ2) is 9.87. The van der Waals surface area contributed by atoms with Gasteiger partial charge in [-0.05, 0) is 18.6 Å². The van der Waals surface area contributed by atoms with Crippen LogP contribution in [0.2, 0.25) is 0 Å². The van der Waals surface area contributed by atoms with Crippen LogP contribution < -0.4 is 9.47 Å². The van der Waals surface area contributed by atoms with E-state index < -0.39 is 0 Å². The van der Waals surface area contributed by atoms with E-state index in [-0.39, 0.29) is 6.47 Å². The first-order valence-electron chi connectivity index (χ1n) is 8.03. The summed E-state index contributed by atoms with van der Waals surface area (Å²) >= 11 is 0. The third kappa shape index (κ3) is 4.62. The molecule has 3 aromatic rings. The summed E-state index contributed by atoms with van der Waals surface area (Å²) in [5.41, 5.74) is 0.875. The average molecular weight is 358 g/mol. The van der Waals surface area contributed by atoms with Gasteiger partial charge in [-0.25, -0.2) is 9.97 Å². The van der Waals surface area contributed by atoms with E-state index in [0.29, 0.717) is 0 Å². The van der Waals surface area contributed by atoms with Gasteiger partial charge in [0.1, 0.15) is 28.7 Å². The van der Waals surface area contributed by atoms with Crippen LogP contribution >= 0.6 is 0 Å². The first kappa shape index (κ1) is 19.0. The number of carbonyl (C=O) groups is 1. The highest BCUT2D eigenvalue weighted by Crippen LogP contribution is 2.37. The summed E-state index contributed by atoms with van der Waals surface area (Å²) < 4.78 is 13.1. The monoisotopic (exact) mass is 358 g/mol. The van der Waals surface area contributed by atoms with Gasteiger partial charge in [-0.2, -0.15) is 0 Å². The number of rotatable bonds is 7. The molecule has 2 heterocycles. The standard InChI is InChI=1S/C17H20N4O2.CH2O2/c1-22-13-5-3-6-14(23-2)16(13)17-20-10-12-21(17)11-4-7-15-18-8-9-19-15;2-1-3/h3,5-6,8-10,12H,4,7,11H2,1-2H3,(H,18,19);1H,(H,2,3). The van der Waals surface area contributed by atoms with E-state index in [4.69, 9.17) is 19.4 Å². The molecule has 0 aliphatic rings. The van der Waals surface area contributed by atoms with Crippen LogP contribution in [0.25, 0.3) is 11.4 Å². The van der Waals surface area contributed by atoms with Crippen LogP contribution in [0.3, 0.4) is 0 Å². The Morgan fingerprint density at radius 2 is 1.88 bits per heavy atom. The Labute approximate surface area is 151 Å². The average Bonchev–Trinajstić information content (AvgIpc) is 3.33. The lowest BCUT2D eigenvalue weighted by molar-refractivity contribution is -0.122. The van der Waals surface area contributed by atoms with Crippen LogP contribution in [0.15, 0.2) is 43.0 Å². The molecule has 0 aliphatic heterocycles. The molecule has 2 aromatic heterocycles. The molecule has 0 saturated heterocycles. The maximum atomic E-state index is 8.36. The Bertz CT molecular complexity index is 777. The number of imidazole rings is 2. The van der Waals surface area contributed by atoms with Gasteiger partial charge in [-0.3, -0.25) is 4.79 Å². The summed E-state index contributed by atoms with van der Waals surface area (Å²) in [6.45, 7) is 0.594. The molecule has 0 unspecified atom stereocenters. The summed E-state index contributed by atoms with van der Waals surface area (Å²) in [4.78, 5) is 20.2. The minimum absolute atomic E-state index is 0.250. The third-order valence-electron chi connectivity index (χ3n) is 3.73. The summed E-state index contributed by atoms with van der Waals surface area (Å²) in [6, 6.07) is 5.74. The van der Waals surface area contributed by atoms with E-state index in [1.807, 2.05) is 30.6 Å². The summed E-state index contributed by atoms with van der Waals surface area (Å²) in [6.07, 6.45) is 9.26. The van der Waals surface area contributed by atoms with Crippen molar-refractivity contribution in [2.45, 2.75) is 19.4 Å². The Kier molecular flexibility index (Phi) is 7.23. The summed E-state index contributed by atoms with van der Waals surface area (Å²) in [5.74, 6) is 3.35. The normalized spacial score (nSPS) is 9.92. The highest BCUT2D eigenvalue weighted by Gasteiger charge is 2.17. The van der Waals surface area contributed by atoms with Crippen LogP contribution in [0.5, 0.6) is 11.5 Å². The molecule has 138 valence electrons. The van der Waals surface area contributed by atoms with Crippen molar-refractivity contribution in [1.29, 1.82) is 0 Å². The van der Waals surface area contributed by atoms with Crippen molar-refractivity contribution < 1.29 is 19.4 Å². The number of nitrogens with one attached hydrogen (secondary N) is 1. The predicted molar refractivity (Wildman–Crippen MR) is 96.4 cm³/mol. The Balaban J connectivity index is 0.000000758. The second-order valence-electron chi connectivity index (χ2n) is 5.23. The van der Waals surface area contributed by atoms with E-state index in [1.165, 1.54) is 0 Å². The molecule has 0 spiro atoms. The Morgan fingerprint density at radius 1 is 1.19 bits per heavy atom. The number of benzene rings is 1. The lowest BCUT2D eigenvalue weighted by atomic mass is 10.1. The van der Waals surface area contributed by atoms with Crippen molar-refractivity contribution in [3.8, 4) is 22.9 Å². The second-order valence-corrected chi connectivity index (χ2v) is 5.23. The maximum absolute atomic E-state index is 8.36. The van der Waals surface area contributed by atoms with Gasteiger partial charge in [-0.1, -0.05) is 6.07 Å². The number of ether oxygens (including phenoxy) is 2. The van der Waals surface area contributed by atoms with Crippen molar-refractivity contribution in [1.82, 2.24) is 19.5 Å². The van der Waals surface area contributed by atoms with Crippen LogP contribution in [-0.4, -0.2) is 45.3 Å². The number of hydrogen-bond donors (Lipinski definition) is 2. The lowest BCUT2D eigenvalue weighted by Gasteiger charge is -2.14.